The Hall–Kier alpha value is -1.65. The molecule has 0 amide bonds. The van der Waals surface area contributed by atoms with E-state index in [1.807, 2.05) is 17.6 Å². The van der Waals surface area contributed by atoms with Gasteiger partial charge in [-0.25, -0.2) is 14.5 Å². The number of aromatic nitrogens is 4. The highest BCUT2D eigenvalue weighted by Gasteiger charge is 2.12. The molecule has 5 heteroatoms. The van der Waals surface area contributed by atoms with Gasteiger partial charge in [-0.1, -0.05) is 6.92 Å². The number of hydrogen-bond acceptors (Lipinski definition) is 4. The van der Waals surface area contributed by atoms with Crippen LogP contribution in [0.25, 0.3) is 5.52 Å². The van der Waals surface area contributed by atoms with Crippen molar-refractivity contribution in [3.05, 3.63) is 17.7 Å². The molecule has 0 saturated heterocycles. The van der Waals surface area contributed by atoms with E-state index in [0.29, 0.717) is 0 Å². The molecule has 18 heavy (non-hydrogen) atoms. The zero-order valence-electron chi connectivity index (χ0n) is 11.6. The first-order valence-corrected chi connectivity index (χ1v) is 6.67. The molecular formula is C13H21N5. The first-order valence-electron chi connectivity index (χ1n) is 6.67. The molecule has 0 bridgehead atoms. The van der Waals surface area contributed by atoms with E-state index in [2.05, 4.69) is 40.7 Å². The van der Waals surface area contributed by atoms with Gasteiger partial charge in [0.2, 0.25) is 5.95 Å². The first-order chi connectivity index (χ1) is 8.71. The first kappa shape index (κ1) is 12.8. The van der Waals surface area contributed by atoms with Gasteiger partial charge in [0.1, 0.15) is 11.3 Å². The number of hydrogen-bond donors (Lipinski definition) is 0. The summed E-state index contributed by atoms with van der Waals surface area (Å²) in [6.45, 7) is 10.2. The molecule has 0 spiro atoms. The Morgan fingerprint density at radius 1 is 1.22 bits per heavy atom. The van der Waals surface area contributed by atoms with Crippen molar-refractivity contribution < 1.29 is 0 Å². The van der Waals surface area contributed by atoms with Crippen LogP contribution in [-0.4, -0.2) is 32.7 Å². The summed E-state index contributed by atoms with van der Waals surface area (Å²) in [6, 6.07) is 0. The minimum absolute atomic E-state index is 0.780. The normalized spacial score (nSPS) is 11.1. The lowest BCUT2D eigenvalue weighted by molar-refractivity contribution is 0.735. The Morgan fingerprint density at radius 3 is 2.56 bits per heavy atom. The molecule has 2 aromatic heterocycles. The predicted molar refractivity (Wildman–Crippen MR) is 73.1 cm³/mol. The van der Waals surface area contributed by atoms with Crippen LogP contribution in [0.1, 0.15) is 38.7 Å². The Balaban J connectivity index is 2.51. The van der Waals surface area contributed by atoms with Crippen LogP contribution >= 0.6 is 0 Å². The van der Waals surface area contributed by atoms with Crippen molar-refractivity contribution in [2.75, 3.05) is 18.0 Å². The second-order valence-corrected chi connectivity index (χ2v) is 4.39. The van der Waals surface area contributed by atoms with Crippen LogP contribution in [0.2, 0.25) is 0 Å². The smallest absolute Gasteiger partial charge is 0.243 e. The highest BCUT2D eigenvalue weighted by molar-refractivity contribution is 5.51. The van der Waals surface area contributed by atoms with E-state index >= 15 is 0 Å². The standard InChI is InChI=1S/C13H21N5/c1-5-8-12-15-10(4)11-9-14-13(16-18(11)12)17(6-2)7-3/h9H,5-8H2,1-4H3. The van der Waals surface area contributed by atoms with Crippen LogP contribution in [0.3, 0.4) is 0 Å². The van der Waals surface area contributed by atoms with Crippen LogP contribution in [0.4, 0.5) is 5.95 Å². The van der Waals surface area contributed by atoms with Gasteiger partial charge in [-0.15, -0.1) is 5.10 Å². The highest BCUT2D eigenvalue weighted by Crippen LogP contribution is 2.14. The van der Waals surface area contributed by atoms with Gasteiger partial charge in [0.25, 0.3) is 0 Å². The molecule has 0 aliphatic rings. The Labute approximate surface area is 108 Å². The fourth-order valence-electron chi connectivity index (χ4n) is 2.12. The third kappa shape index (κ3) is 2.17. The second kappa shape index (κ2) is 5.33. The van der Waals surface area contributed by atoms with Crippen LogP contribution in [0, 0.1) is 6.92 Å². The number of fused-ring (bicyclic) bond motifs is 1. The van der Waals surface area contributed by atoms with Gasteiger partial charge in [0, 0.05) is 19.5 Å². The molecule has 0 aliphatic carbocycles. The SMILES string of the molecule is CCCc1nc(C)c2cnc(N(CC)CC)nn12. The average molecular weight is 247 g/mol. The predicted octanol–water partition coefficient (Wildman–Crippen LogP) is 2.23. The molecule has 0 unspecified atom stereocenters. The van der Waals surface area contributed by atoms with Crippen LogP contribution in [0.5, 0.6) is 0 Å². The summed E-state index contributed by atoms with van der Waals surface area (Å²) in [5.41, 5.74) is 2.01. The van der Waals surface area contributed by atoms with Crippen molar-refractivity contribution in [1.82, 2.24) is 19.6 Å². The largest absolute Gasteiger partial charge is 0.340 e. The Morgan fingerprint density at radius 2 is 1.94 bits per heavy atom. The average Bonchev–Trinajstić information content (AvgIpc) is 2.68. The molecule has 0 N–H and O–H groups in total. The topological polar surface area (TPSA) is 46.3 Å². The van der Waals surface area contributed by atoms with Crippen LogP contribution in [-0.2, 0) is 6.42 Å². The summed E-state index contributed by atoms with van der Waals surface area (Å²) < 4.78 is 1.94. The third-order valence-electron chi connectivity index (χ3n) is 3.15. The van der Waals surface area contributed by atoms with Gasteiger partial charge in [-0.05, 0) is 27.2 Å². The van der Waals surface area contributed by atoms with Crippen LogP contribution < -0.4 is 4.90 Å². The minimum atomic E-state index is 0.780. The van der Waals surface area contributed by atoms with E-state index in [-0.39, 0.29) is 0 Å². The quantitative estimate of drug-likeness (QED) is 0.813. The fraction of sp³-hybridized carbons (Fsp3) is 0.615. The molecule has 0 saturated carbocycles. The third-order valence-corrected chi connectivity index (χ3v) is 3.15. The van der Waals surface area contributed by atoms with E-state index in [9.17, 15) is 0 Å². The maximum atomic E-state index is 4.63. The summed E-state index contributed by atoms with van der Waals surface area (Å²) in [5, 5.41) is 4.63. The van der Waals surface area contributed by atoms with Crippen molar-refractivity contribution >= 4 is 11.5 Å². The molecular weight excluding hydrogens is 226 g/mol. The zero-order chi connectivity index (χ0) is 13.1. The van der Waals surface area contributed by atoms with Gasteiger partial charge in [0.05, 0.1) is 11.9 Å². The van der Waals surface area contributed by atoms with Gasteiger partial charge >= 0.3 is 0 Å². The molecule has 0 atom stereocenters. The molecule has 0 aromatic carbocycles. The second-order valence-electron chi connectivity index (χ2n) is 4.39. The van der Waals surface area contributed by atoms with Crippen molar-refractivity contribution in [1.29, 1.82) is 0 Å². The highest BCUT2D eigenvalue weighted by atomic mass is 15.4. The molecule has 2 heterocycles. The molecule has 98 valence electrons. The number of rotatable bonds is 5. The number of imidazole rings is 1. The van der Waals surface area contributed by atoms with Gasteiger partial charge in [0.15, 0.2) is 0 Å². The van der Waals surface area contributed by atoms with E-state index < -0.39 is 0 Å². The zero-order valence-corrected chi connectivity index (χ0v) is 11.6. The summed E-state index contributed by atoms with van der Waals surface area (Å²) in [6.07, 6.45) is 3.90. The van der Waals surface area contributed by atoms with Crippen molar-refractivity contribution in [3.63, 3.8) is 0 Å². The fourth-order valence-corrected chi connectivity index (χ4v) is 2.12. The molecule has 0 fully saturated rings. The molecule has 5 nitrogen and oxygen atoms in total. The summed E-state index contributed by atoms with van der Waals surface area (Å²) >= 11 is 0. The van der Waals surface area contributed by atoms with Crippen molar-refractivity contribution in [2.45, 2.75) is 40.5 Å². The lowest BCUT2D eigenvalue weighted by Crippen LogP contribution is -2.25. The van der Waals surface area contributed by atoms with E-state index in [4.69, 9.17) is 0 Å². The van der Waals surface area contributed by atoms with E-state index in [1.54, 1.807) is 0 Å². The molecule has 2 aromatic rings. The van der Waals surface area contributed by atoms with Crippen LogP contribution in [0.15, 0.2) is 6.20 Å². The summed E-state index contributed by atoms with van der Waals surface area (Å²) in [7, 11) is 0. The number of aryl methyl sites for hydroxylation is 2. The summed E-state index contributed by atoms with van der Waals surface area (Å²) in [4.78, 5) is 11.2. The number of anilines is 1. The molecule has 2 rings (SSSR count). The monoisotopic (exact) mass is 247 g/mol. The maximum absolute atomic E-state index is 4.63. The number of nitrogens with zero attached hydrogens (tertiary/aromatic N) is 5. The molecule has 0 aliphatic heterocycles. The van der Waals surface area contributed by atoms with Gasteiger partial charge in [-0.2, -0.15) is 0 Å². The van der Waals surface area contributed by atoms with E-state index in [0.717, 1.165) is 48.9 Å². The molecule has 0 radical (unpaired) electrons. The van der Waals surface area contributed by atoms with Crippen molar-refractivity contribution in [3.8, 4) is 0 Å². The Kier molecular flexibility index (Phi) is 3.79. The maximum Gasteiger partial charge on any atom is 0.243 e. The summed E-state index contributed by atoms with van der Waals surface area (Å²) in [5.74, 6) is 1.81. The van der Waals surface area contributed by atoms with Gasteiger partial charge in [-0.3, -0.25) is 0 Å². The lowest BCUT2D eigenvalue weighted by Gasteiger charge is -2.18. The lowest BCUT2D eigenvalue weighted by atomic mass is 10.3. The van der Waals surface area contributed by atoms with Gasteiger partial charge < -0.3 is 4.90 Å². The van der Waals surface area contributed by atoms with E-state index in [1.165, 1.54) is 0 Å². The minimum Gasteiger partial charge on any atom is -0.340 e. The Bertz CT molecular complexity index is 527. The van der Waals surface area contributed by atoms with Crippen molar-refractivity contribution in [2.24, 2.45) is 0 Å².